The first kappa shape index (κ1) is 6.26. The average Bonchev–Trinajstić information content (AvgIpc) is 2.71. The molecule has 1 heterocycles. The number of ether oxygens (including phenoxy) is 1. The molecule has 0 spiro atoms. The van der Waals surface area contributed by atoms with Crippen molar-refractivity contribution in [2.24, 2.45) is 5.92 Å². The average molecular weight is 138 g/mol. The fourth-order valence-corrected chi connectivity index (χ4v) is 1.63. The fraction of sp³-hybridized carbons (Fsp3) is 0.778. The molecule has 2 fully saturated rings. The third kappa shape index (κ3) is 1.18. The molecule has 0 N–H and O–H groups in total. The highest BCUT2D eigenvalue weighted by atomic mass is 16.6. The van der Waals surface area contributed by atoms with Crippen molar-refractivity contribution in [3.8, 4) is 0 Å². The number of hydrogen-bond donors (Lipinski definition) is 0. The van der Waals surface area contributed by atoms with Crippen molar-refractivity contribution in [2.45, 2.75) is 32.6 Å². The van der Waals surface area contributed by atoms with E-state index in [4.69, 9.17) is 4.74 Å². The lowest BCUT2D eigenvalue weighted by atomic mass is 9.87. The monoisotopic (exact) mass is 138 g/mol. The second-order valence-electron chi connectivity index (χ2n) is 3.50. The van der Waals surface area contributed by atoms with Crippen molar-refractivity contribution >= 4 is 0 Å². The molecule has 0 atom stereocenters. The number of hydrogen-bond acceptors (Lipinski definition) is 1. The van der Waals surface area contributed by atoms with E-state index in [1.54, 1.807) is 5.57 Å². The van der Waals surface area contributed by atoms with Gasteiger partial charge in [-0.3, -0.25) is 0 Å². The molecule has 10 heavy (non-hydrogen) atoms. The second-order valence-corrected chi connectivity index (χ2v) is 3.50. The molecular weight excluding hydrogens is 124 g/mol. The molecule has 1 aliphatic heterocycles. The van der Waals surface area contributed by atoms with Gasteiger partial charge in [0.15, 0.2) is 0 Å². The molecule has 0 radical (unpaired) electrons. The smallest absolute Gasteiger partial charge is 0.145 e. The third-order valence-corrected chi connectivity index (χ3v) is 2.56. The van der Waals surface area contributed by atoms with Crippen molar-refractivity contribution in [1.82, 2.24) is 0 Å². The summed E-state index contributed by atoms with van der Waals surface area (Å²) in [4.78, 5) is 0. The molecule has 0 bridgehead atoms. The highest BCUT2D eigenvalue weighted by Gasteiger charge is 2.23. The zero-order chi connectivity index (χ0) is 6.97. The molecule has 0 aromatic carbocycles. The van der Waals surface area contributed by atoms with Gasteiger partial charge in [0.1, 0.15) is 12.4 Å². The maximum absolute atomic E-state index is 5.16. The minimum absolute atomic E-state index is 0.934. The summed E-state index contributed by atoms with van der Waals surface area (Å²) in [6, 6.07) is 0. The lowest BCUT2D eigenvalue weighted by Crippen LogP contribution is -2.03. The summed E-state index contributed by atoms with van der Waals surface area (Å²) < 4.78 is 5.16. The van der Waals surface area contributed by atoms with Crippen molar-refractivity contribution in [2.75, 3.05) is 6.61 Å². The van der Waals surface area contributed by atoms with Crippen LogP contribution >= 0.6 is 0 Å². The first-order valence-corrected chi connectivity index (χ1v) is 4.20. The van der Waals surface area contributed by atoms with Gasteiger partial charge in [-0.2, -0.15) is 0 Å². The Kier molecular flexibility index (Phi) is 1.44. The first-order valence-electron chi connectivity index (χ1n) is 4.20. The van der Waals surface area contributed by atoms with E-state index in [9.17, 15) is 0 Å². The number of epoxide rings is 1. The molecule has 1 heteroatoms. The minimum atomic E-state index is 0.934. The Morgan fingerprint density at radius 1 is 1.30 bits per heavy atom. The largest absolute Gasteiger partial charge is 0.486 e. The molecule has 0 aromatic heterocycles. The van der Waals surface area contributed by atoms with E-state index in [2.05, 4.69) is 6.92 Å². The third-order valence-electron chi connectivity index (χ3n) is 2.56. The minimum Gasteiger partial charge on any atom is -0.486 e. The Bertz CT molecular complexity index is 154. The summed E-state index contributed by atoms with van der Waals surface area (Å²) in [6.45, 7) is 3.28. The van der Waals surface area contributed by atoms with E-state index in [0.29, 0.717) is 0 Å². The van der Waals surface area contributed by atoms with Crippen LogP contribution in [0.4, 0.5) is 0 Å². The first-order chi connectivity index (χ1) is 4.86. The van der Waals surface area contributed by atoms with E-state index < -0.39 is 0 Å². The molecule has 1 aliphatic carbocycles. The predicted molar refractivity (Wildman–Crippen MR) is 40.6 cm³/mol. The van der Waals surface area contributed by atoms with E-state index in [-0.39, 0.29) is 0 Å². The Morgan fingerprint density at radius 2 is 1.90 bits per heavy atom. The summed E-state index contributed by atoms with van der Waals surface area (Å²) in [7, 11) is 0. The van der Waals surface area contributed by atoms with Crippen LogP contribution in [0.1, 0.15) is 32.6 Å². The van der Waals surface area contributed by atoms with Crippen molar-refractivity contribution in [1.29, 1.82) is 0 Å². The SMILES string of the molecule is CC1CCC(=C2CO2)CC1. The summed E-state index contributed by atoms with van der Waals surface area (Å²) >= 11 is 0. The molecule has 1 saturated carbocycles. The Morgan fingerprint density at radius 3 is 2.40 bits per heavy atom. The lowest BCUT2D eigenvalue weighted by molar-refractivity contribution is 0.432. The van der Waals surface area contributed by atoms with E-state index >= 15 is 0 Å². The van der Waals surface area contributed by atoms with Crippen LogP contribution in [0.3, 0.4) is 0 Å². The Balaban J connectivity index is 1.97. The van der Waals surface area contributed by atoms with Crippen molar-refractivity contribution < 1.29 is 4.74 Å². The topological polar surface area (TPSA) is 12.5 Å². The number of allylic oxidation sites excluding steroid dienone is 1. The normalized spacial score (nSPS) is 31.9. The number of rotatable bonds is 0. The zero-order valence-corrected chi connectivity index (χ0v) is 6.52. The van der Waals surface area contributed by atoms with Crippen LogP contribution in [-0.4, -0.2) is 6.61 Å². The quantitative estimate of drug-likeness (QED) is 0.468. The molecule has 0 unspecified atom stereocenters. The maximum atomic E-state index is 5.16. The highest BCUT2D eigenvalue weighted by Crippen LogP contribution is 2.33. The van der Waals surface area contributed by atoms with Crippen LogP contribution in [0, 0.1) is 5.92 Å². The molecule has 0 aromatic rings. The molecule has 2 rings (SSSR count). The van der Waals surface area contributed by atoms with Crippen LogP contribution in [0.15, 0.2) is 11.3 Å². The fourth-order valence-electron chi connectivity index (χ4n) is 1.63. The van der Waals surface area contributed by atoms with Gasteiger partial charge in [-0.1, -0.05) is 6.92 Å². The molecule has 56 valence electrons. The molecule has 2 aliphatic rings. The van der Waals surface area contributed by atoms with E-state index in [0.717, 1.165) is 12.5 Å². The van der Waals surface area contributed by atoms with Gasteiger partial charge in [-0.15, -0.1) is 0 Å². The Hall–Kier alpha value is -0.460. The molecule has 1 nitrogen and oxygen atoms in total. The standard InChI is InChI=1S/C9H14O/c1-7-2-4-8(5-3-7)9-6-10-9/h7H,2-6H2,1H3. The summed E-state index contributed by atoms with van der Waals surface area (Å²) in [5.41, 5.74) is 1.61. The van der Waals surface area contributed by atoms with Gasteiger partial charge < -0.3 is 4.74 Å². The van der Waals surface area contributed by atoms with Gasteiger partial charge in [0, 0.05) is 0 Å². The maximum Gasteiger partial charge on any atom is 0.145 e. The van der Waals surface area contributed by atoms with Gasteiger partial charge >= 0.3 is 0 Å². The second kappa shape index (κ2) is 2.30. The van der Waals surface area contributed by atoms with Gasteiger partial charge in [-0.05, 0) is 37.2 Å². The summed E-state index contributed by atoms with van der Waals surface area (Å²) in [5.74, 6) is 2.26. The Labute approximate surface area is 62.1 Å². The van der Waals surface area contributed by atoms with Gasteiger partial charge in [-0.25, -0.2) is 0 Å². The van der Waals surface area contributed by atoms with Gasteiger partial charge in [0.05, 0.1) is 0 Å². The predicted octanol–water partition coefficient (Wildman–Crippen LogP) is 2.48. The van der Waals surface area contributed by atoms with Gasteiger partial charge in [0.25, 0.3) is 0 Å². The van der Waals surface area contributed by atoms with Crippen LogP contribution < -0.4 is 0 Å². The summed E-state index contributed by atoms with van der Waals surface area (Å²) in [5, 5.41) is 0. The van der Waals surface area contributed by atoms with Gasteiger partial charge in [0.2, 0.25) is 0 Å². The van der Waals surface area contributed by atoms with E-state index in [1.807, 2.05) is 0 Å². The van der Waals surface area contributed by atoms with Crippen molar-refractivity contribution in [3.05, 3.63) is 11.3 Å². The lowest BCUT2D eigenvalue weighted by Gasteiger charge is -2.18. The van der Waals surface area contributed by atoms with E-state index in [1.165, 1.54) is 31.4 Å². The molecule has 1 saturated heterocycles. The van der Waals surface area contributed by atoms with Crippen molar-refractivity contribution in [3.63, 3.8) is 0 Å². The van der Waals surface area contributed by atoms with Crippen LogP contribution in [0.25, 0.3) is 0 Å². The van der Waals surface area contributed by atoms with Crippen LogP contribution in [-0.2, 0) is 4.74 Å². The molecular formula is C9H14O. The summed E-state index contributed by atoms with van der Waals surface area (Å²) in [6.07, 6.45) is 5.36. The highest BCUT2D eigenvalue weighted by molar-refractivity contribution is 5.17. The van der Waals surface area contributed by atoms with Crippen LogP contribution in [0.2, 0.25) is 0 Å². The molecule has 0 amide bonds. The zero-order valence-electron chi connectivity index (χ0n) is 6.52. The van der Waals surface area contributed by atoms with Crippen LogP contribution in [0.5, 0.6) is 0 Å².